The Morgan fingerprint density at radius 1 is 1.06 bits per heavy atom. The van der Waals surface area contributed by atoms with Gasteiger partial charge >= 0.3 is 0 Å². The van der Waals surface area contributed by atoms with Crippen LogP contribution in [0.4, 0.5) is 10.2 Å². The largest absolute Gasteiger partial charge is 0.382 e. The van der Waals surface area contributed by atoms with E-state index in [0.717, 1.165) is 5.69 Å². The van der Waals surface area contributed by atoms with Gasteiger partial charge in [-0.2, -0.15) is 15.5 Å². The highest BCUT2D eigenvalue weighted by Crippen LogP contribution is 2.21. The number of amides is 1. The van der Waals surface area contributed by atoms with E-state index in [0.29, 0.717) is 42.1 Å². The molecule has 3 N–H and O–H groups in total. The van der Waals surface area contributed by atoms with Crippen molar-refractivity contribution < 1.29 is 9.18 Å². The Kier molecular flexibility index (Phi) is 5.94. The van der Waals surface area contributed by atoms with Gasteiger partial charge in [0.1, 0.15) is 23.3 Å². The predicted octanol–water partition coefficient (Wildman–Crippen LogP) is 3.01. The van der Waals surface area contributed by atoms with Crippen LogP contribution >= 0.6 is 0 Å². The number of hydrogen-bond donors (Lipinski definition) is 2. The second-order valence-corrected chi connectivity index (χ2v) is 7.05. The Labute approximate surface area is 183 Å². The molecule has 0 saturated carbocycles. The number of nitrogen functional groups attached to an aromatic ring is 1. The number of aryl methyl sites for hydroxylation is 1. The van der Waals surface area contributed by atoms with Crippen LogP contribution in [0.3, 0.4) is 0 Å². The minimum absolute atomic E-state index is 0.254. The summed E-state index contributed by atoms with van der Waals surface area (Å²) in [5.74, 6) is -0.362. The van der Waals surface area contributed by atoms with Gasteiger partial charge < -0.3 is 11.1 Å². The smallest absolute Gasteiger partial charge is 0.271 e. The molecule has 2 aromatic heterocycles. The number of carbonyl (C=O) groups is 1. The zero-order chi connectivity index (χ0) is 22.5. The van der Waals surface area contributed by atoms with Gasteiger partial charge in [-0.1, -0.05) is 18.2 Å². The third-order valence-electron chi connectivity index (χ3n) is 4.89. The highest BCUT2D eigenvalue weighted by molar-refractivity contribution is 5.92. The number of rotatable bonds is 7. The van der Waals surface area contributed by atoms with Crippen LogP contribution < -0.4 is 11.1 Å². The third kappa shape index (κ3) is 4.34. The van der Waals surface area contributed by atoms with Gasteiger partial charge in [-0.05, 0) is 55.3 Å². The fraction of sp³-hybridized carbons (Fsp3) is 0.130. The number of benzene rings is 2. The summed E-state index contributed by atoms with van der Waals surface area (Å²) in [6.07, 6.45) is 2.70. The summed E-state index contributed by atoms with van der Waals surface area (Å²) in [7, 11) is 0. The van der Waals surface area contributed by atoms with Crippen molar-refractivity contribution in [1.29, 1.82) is 5.26 Å². The van der Waals surface area contributed by atoms with Gasteiger partial charge in [0.05, 0.1) is 17.1 Å². The average Bonchev–Trinajstić information content (AvgIpc) is 3.42. The number of para-hydroxylation sites is 1. The number of nitrogens with zero attached hydrogens (tertiary/aromatic N) is 5. The van der Waals surface area contributed by atoms with E-state index in [2.05, 4.69) is 21.6 Å². The fourth-order valence-electron chi connectivity index (χ4n) is 3.27. The van der Waals surface area contributed by atoms with E-state index in [1.54, 1.807) is 29.1 Å². The van der Waals surface area contributed by atoms with Crippen molar-refractivity contribution in [3.05, 3.63) is 89.6 Å². The first-order chi connectivity index (χ1) is 15.6. The summed E-state index contributed by atoms with van der Waals surface area (Å²) in [6, 6.07) is 18.9. The molecule has 9 heteroatoms. The fourth-order valence-corrected chi connectivity index (χ4v) is 3.27. The summed E-state index contributed by atoms with van der Waals surface area (Å²) in [5, 5.41) is 21.0. The van der Waals surface area contributed by atoms with Crippen LogP contribution in [0.15, 0.2) is 66.9 Å². The van der Waals surface area contributed by atoms with Crippen molar-refractivity contribution in [1.82, 2.24) is 24.9 Å². The molecule has 0 radical (unpaired) electrons. The summed E-state index contributed by atoms with van der Waals surface area (Å²) in [6.45, 7) is 0.380. The molecular formula is C23H20FN7O. The van der Waals surface area contributed by atoms with Gasteiger partial charge in [0.25, 0.3) is 5.91 Å². The van der Waals surface area contributed by atoms with Crippen molar-refractivity contribution in [2.75, 3.05) is 12.3 Å². The normalized spacial score (nSPS) is 10.6. The van der Waals surface area contributed by atoms with Gasteiger partial charge in [0.2, 0.25) is 0 Å². The topological polar surface area (TPSA) is 115 Å². The zero-order valence-corrected chi connectivity index (χ0v) is 17.1. The van der Waals surface area contributed by atoms with Crippen LogP contribution in [0.5, 0.6) is 0 Å². The maximum atomic E-state index is 13.1. The first-order valence-electron chi connectivity index (χ1n) is 9.99. The lowest BCUT2D eigenvalue weighted by atomic mass is 10.1. The number of aromatic nitrogens is 4. The van der Waals surface area contributed by atoms with Crippen molar-refractivity contribution in [3.8, 4) is 17.4 Å². The predicted molar refractivity (Wildman–Crippen MR) is 117 cm³/mol. The minimum Gasteiger partial charge on any atom is -0.382 e. The number of hydrogen-bond acceptors (Lipinski definition) is 5. The molecule has 0 aliphatic heterocycles. The lowest BCUT2D eigenvalue weighted by molar-refractivity contribution is 0.0948. The van der Waals surface area contributed by atoms with Crippen molar-refractivity contribution >= 4 is 11.7 Å². The molecule has 8 nitrogen and oxygen atoms in total. The zero-order valence-electron chi connectivity index (χ0n) is 17.1. The van der Waals surface area contributed by atoms with E-state index >= 15 is 0 Å². The lowest BCUT2D eigenvalue weighted by Gasteiger charge is -2.03. The molecule has 0 saturated heterocycles. The molecule has 4 aromatic rings. The third-order valence-corrected chi connectivity index (χ3v) is 4.89. The van der Waals surface area contributed by atoms with E-state index in [1.165, 1.54) is 16.8 Å². The minimum atomic E-state index is -0.339. The van der Waals surface area contributed by atoms with Gasteiger partial charge in [-0.25, -0.2) is 13.8 Å². The van der Waals surface area contributed by atoms with E-state index in [9.17, 15) is 14.4 Å². The molecule has 2 aromatic carbocycles. The number of anilines is 1. The van der Waals surface area contributed by atoms with E-state index in [4.69, 9.17) is 5.73 Å². The molecule has 160 valence electrons. The Hall–Kier alpha value is -4.45. The van der Waals surface area contributed by atoms with Crippen LogP contribution in [0, 0.1) is 17.1 Å². The van der Waals surface area contributed by atoms with Crippen LogP contribution in [0.25, 0.3) is 11.4 Å². The van der Waals surface area contributed by atoms with Crippen LogP contribution in [-0.4, -0.2) is 32.0 Å². The quantitative estimate of drug-likeness (QED) is 0.438. The standard InChI is InChI=1S/C23H20FN7O/c24-16-8-10-17(11-9-16)30-14-12-21(28-30)23(32)27-13-4-7-20-19(15-25)22(26)31(29-20)18-5-2-1-3-6-18/h1-3,5-6,8-12,14H,4,7,13,26H2,(H,27,32). The van der Waals surface area contributed by atoms with Crippen molar-refractivity contribution in [2.45, 2.75) is 12.8 Å². The second kappa shape index (κ2) is 9.14. The number of carbonyl (C=O) groups excluding carboxylic acids is 1. The summed E-state index contributed by atoms with van der Waals surface area (Å²) >= 11 is 0. The molecule has 0 bridgehead atoms. The Morgan fingerprint density at radius 3 is 2.53 bits per heavy atom. The maximum Gasteiger partial charge on any atom is 0.271 e. The molecular weight excluding hydrogens is 409 g/mol. The number of nitriles is 1. The maximum absolute atomic E-state index is 13.1. The molecule has 0 spiro atoms. The Bertz CT molecular complexity index is 1270. The molecule has 0 fully saturated rings. The lowest BCUT2D eigenvalue weighted by Crippen LogP contribution is -2.25. The average molecular weight is 429 g/mol. The highest BCUT2D eigenvalue weighted by Gasteiger charge is 2.16. The van der Waals surface area contributed by atoms with Gasteiger partial charge in [0.15, 0.2) is 5.69 Å². The molecule has 4 rings (SSSR count). The second-order valence-electron chi connectivity index (χ2n) is 7.05. The molecule has 0 aliphatic carbocycles. The van der Waals surface area contributed by atoms with Crippen molar-refractivity contribution in [2.24, 2.45) is 0 Å². The SMILES string of the molecule is N#Cc1c(CCCNC(=O)c2ccn(-c3ccc(F)cc3)n2)nn(-c2ccccc2)c1N. The van der Waals surface area contributed by atoms with E-state index in [-0.39, 0.29) is 17.4 Å². The number of nitrogens with one attached hydrogen (secondary N) is 1. The Balaban J connectivity index is 1.35. The summed E-state index contributed by atoms with van der Waals surface area (Å²) in [5.41, 5.74) is 8.73. The van der Waals surface area contributed by atoms with Crippen LogP contribution in [0.1, 0.15) is 28.2 Å². The monoisotopic (exact) mass is 429 g/mol. The first-order valence-corrected chi connectivity index (χ1v) is 9.99. The molecule has 32 heavy (non-hydrogen) atoms. The van der Waals surface area contributed by atoms with E-state index < -0.39 is 0 Å². The van der Waals surface area contributed by atoms with Crippen LogP contribution in [-0.2, 0) is 6.42 Å². The summed E-state index contributed by atoms with van der Waals surface area (Å²) < 4.78 is 16.1. The van der Waals surface area contributed by atoms with Gasteiger partial charge in [-0.3, -0.25) is 4.79 Å². The van der Waals surface area contributed by atoms with Gasteiger partial charge in [-0.15, -0.1) is 0 Å². The molecule has 0 aliphatic rings. The Morgan fingerprint density at radius 2 is 1.81 bits per heavy atom. The molecule has 2 heterocycles. The van der Waals surface area contributed by atoms with E-state index in [1.807, 2.05) is 30.3 Å². The van der Waals surface area contributed by atoms with Crippen LogP contribution in [0.2, 0.25) is 0 Å². The highest BCUT2D eigenvalue weighted by atomic mass is 19.1. The van der Waals surface area contributed by atoms with Gasteiger partial charge in [0, 0.05) is 12.7 Å². The first kappa shape index (κ1) is 20.8. The molecule has 1 amide bonds. The van der Waals surface area contributed by atoms with Crippen molar-refractivity contribution in [3.63, 3.8) is 0 Å². The summed E-state index contributed by atoms with van der Waals surface area (Å²) in [4.78, 5) is 12.4. The molecule has 0 unspecified atom stereocenters. The number of nitrogens with two attached hydrogens (primary N) is 1. The molecule has 0 atom stereocenters. The number of halogens is 1.